The van der Waals surface area contributed by atoms with Gasteiger partial charge in [0, 0.05) is 29.0 Å². The predicted molar refractivity (Wildman–Crippen MR) is 170 cm³/mol. The molecule has 4 aliphatic rings. The van der Waals surface area contributed by atoms with Gasteiger partial charge in [0.2, 0.25) is 0 Å². The zero-order valence-electron chi connectivity index (χ0n) is 27.3. The van der Waals surface area contributed by atoms with E-state index in [0.29, 0.717) is 23.1 Å². The molecule has 7 heteroatoms. The molecule has 2 N–H and O–H groups in total. The first kappa shape index (κ1) is 31.8. The third-order valence-electron chi connectivity index (χ3n) is 9.65. The molecule has 0 saturated carbocycles. The Morgan fingerprint density at radius 1 is 0.955 bits per heavy atom. The Kier molecular flexibility index (Phi) is 8.25. The van der Waals surface area contributed by atoms with E-state index in [1.807, 2.05) is 58.9 Å². The van der Waals surface area contributed by atoms with Gasteiger partial charge in [0.1, 0.15) is 22.8 Å². The van der Waals surface area contributed by atoms with Crippen molar-refractivity contribution in [3.8, 4) is 17.2 Å². The lowest BCUT2D eigenvalue weighted by atomic mass is 9.60. The van der Waals surface area contributed by atoms with Gasteiger partial charge in [-0.25, -0.2) is 4.79 Å². The summed E-state index contributed by atoms with van der Waals surface area (Å²) in [5.74, 6) is -3.89. The van der Waals surface area contributed by atoms with Crippen LogP contribution in [0.2, 0.25) is 0 Å². The van der Waals surface area contributed by atoms with Crippen molar-refractivity contribution in [2.45, 2.75) is 111 Å². The molecule has 1 saturated heterocycles. The highest BCUT2D eigenvalue weighted by Crippen LogP contribution is 2.64. The number of aromatic hydroxyl groups is 2. The number of phenolic OH excluding ortho intramolecular Hbond substituents is 2. The second-order valence-corrected chi connectivity index (χ2v) is 13.8. The number of benzene rings is 1. The van der Waals surface area contributed by atoms with Crippen LogP contribution in [0.1, 0.15) is 103 Å². The molecule has 44 heavy (non-hydrogen) atoms. The molecule has 236 valence electrons. The van der Waals surface area contributed by atoms with Crippen molar-refractivity contribution < 1.29 is 34.0 Å². The van der Waals surface area contributed by atoms with E-state index in [1.54, 1.807) is 13.0 Å². The summed E-state index contributed by atoms with van der Waals surface area (Å²) in [7, 11) is 0. The van der Waals surface area contributed by atoms with E-state index in [2.05, 4.69) is 19.9 Å². The molecule has 3 aliphatic heterocycles. The Bertz CT molecular complexity index is 1540. The average molecular weight is 603 g/mol. The fourth-order valence-electron chi connectivity index (χ4n) is 7.34. The first-order chi connectivity index (χ1) is 20.6. The standard InChI is InChI=1S/C37H46O7/c1-21(2)11-9-12-23(5)16-18-25-30(38)26(17-15-22(3)4)33-29(31(25)39)32(40)27-13-10-14-28-35(7,8)44-36(37(27,28)42-33)20-19-24(6)34(41)43-36/h10-11,13,15-16,19,27-28,38-39H,9,12,14,17-18,20H2,1-8H3/b23-16+/t27-,28-,36+,37+/m0/s1. The van der Waals surface area contributed by atoms with E-state index in [0.717, 1.165) is 24.0 Å². The summed E-state index contributed by atoms with van der Waals surface area (Å²) in [5.41, 5.74) is 2.45. The summed E-state index contributed by atoms with van der Waals surface area (Å²) in [5, 5.41) is 23.4. The molecule has 1 aromatic rings. The normalized spacial score (nSPS) is 28.4. The number of rotatable bonds is 7. The highest BCUT2D eigenvalue weighted by Gasteiger charge is 2.78. The van der Waals surface area contributed by atoms with E-state index in [9.17, 15) is 19.8 Å². The van der Waals surface area contributed by atoms with Crippen molar-refractivity contribution in [1.29, 1.82) is 0 Å². The van der Waals surface area contributed by atoms with E-state index in [1.165, 1.54) is 5.57 Å². The molecule has 0 bridgehead atoms. The third-order valence-corrected chi connectivity index (χ3v) is 9.65. The van der Waals surface area contributed by atoms with E-state index >= 15 is 0 Å². The summed E-state index contributed by atoms with van der Waals surface area (Å²) in [4.78, 5) is 27.7. The number of phenols is 2. The predicted octanol–water partition coefficient (Wildman–Crippen LogP) is 7.75. The molecule has 0 amide bonds. The number of allylic oxidation sites excluding steroid dienone is 7. The SMILES string of the molecule is CC(C)=CCC/C(C)=C/Cc1c(O)c(CC=C(C)C)c2c(c1O)C(=O)[C@@H]1C=CC[C@H]3C(C)(C)O[C@]4(CC=C(C)C(=O)O4)[C@@]13O2. The lowest BCUT2D eigenvalue weighted by Crippen LogP contribution is -2.68. The van der Waals surface area contributed by atoms with Crippen molar-refractivity contribution in [2.24, 2.45) is 11.8 Å². The van der Waals surface area contributed by atoms with Gasteiger partial charge < -0.3 is 24.4 Å². The molecule has 3 heterocycles. The lowest BCUT2D eigenvalue weighted by Gasteiger charge is -2.53. The number of hydrogen-bond acceptors (Lipinski definition) is 7. The topological polar surface area (TPSA) is 102 Å². The molecule has 1 fully saturated rings. The fourth-order valence-corrected chi connectivity index (χ4v) is 7.34. The van der Waals surface area contributed by atoms with E-state index in [-0.39, 0.29) is 53.8 Å². The van der Waals surface area contributed by atoms with Gasteiger partial charge in [-0.2, -0.15) is 0 Å². The van der Waals surface area contributed by atoms with Crippen LogP contribution < -0.4 is 4.74 Å². The second kappa shape index (κ2) is 11.4. The lowest BCUT2D eigenvalue weighted by molar-refractivity contribution is -0.284. The van der Waals surface area contributed by atoms with Gasteiger partial charge in [0.25, 0.3) is 5.79 Å². The summed E-state index contributed by atoms with van der Waals surface area (Å²) in [6.45, 7) is 15.7. The van der Waals surface area contributed by atoms with Crippen LogP contribution in [-0.2, 0) is 27.1 Å². The molecule has 0 radical (unpaired) electrons. The average Bonchev–Trinajstić information content (AvgIpc) is 3.12. The van der Waals surface area contributed by atoms with Crippen molar-refractivity contribution >= 4 is 11.8 Å². The molecule has 4 atom stereocenters. The molecule has 7 nitrogen and oxygen atoms in total. The number of fused-ring (bicyclic) bond motifs is 1. The zero-order valence-corrected chi connectivity index (χ0v) is 27.3. The van der Waals surface area contributed by atoms with Crippen LogP contribution in [0.5, 0.6) is 17.2 Å². The largest absolute Gasteiger partial charge is 0.507 e. The maximum atomic E-state index is 14.7. The van der Waals surface area contributed by atoms with Gasteiger partial charge in [-0.3, -0.25) is 4.79 Å². The van der Waals surface area contributed by atoms with Gasteiger partial charge in [-0.05, 0) is 87.5 Å². The smallest absolute Gasteiger partial charge is 0.336 e. The molecule has 0 aromatic heterocycles. The molecular weight excluding hydrogens is 556 g/mol. The van der Waals surface area contributed by atoms with Crippen molar-refractivity contribution in [3.05, 3.63) is 75.4 Å². The van der Waals surface area contributed by atoms with Gasteiger partial charge in [0.15, 0.2) is 11.4 Å². The Labute approximate surface area is 261 Å². The number of ketones is 1. The van der Waals surface area contributed by atoms with E-state index < -0.39 is 28.9 Å². The van der Waals surface area contributed by atoms with Gasteiger partial charge >= 0.3 is 5.97 Å². The highest BCUT2D eigenvalue weighted by atomic mass is 16.8. The van der Waals surface area contributed by atoms with Crippen LogP contribution in [0.25, 0.3) is 0 Å². The van der Waals surface area contributed by atoms with Crippen molar-refractivity contribution in [2.75, 3.05) is 0 Å². The summed E-state index contributed by atoms with van der Waals surface area (Å²) in [6, 6.07) is 0. The van der Waals surface area contributed by atoms with E-state index in [4.69, 9.17) is 14.2 Å². The van der Waals surface area contributed by atoms with Crippen molar-refractivity contribution in [3.63, 3.8) is 0 Å². The maximum absolute atomic E-state index is 14.7. The molecule has 1 aromatic carbocycles. The number of carbonyl (C=O) groups excluding carboxylic acids is 2. The van der Waals surface area contributed by atoms with Crippen LogP contribution in [0.15, 0.2) is 58.7 Å². The van der Waals surface area contributed by atoms with Crippen molar-refractivity contribution in [1.82, 2.24) is 0 Å². The number of ether oxygens (including phenoxy) is 3. The maximum Gasteiger partial charge on any atom is 0.336 e. The highest BCUT2D eigenvalue weighted by molar-refractivity contribution is 6.07. The second-order valence-electron chi connectivity index (χ2n) is 13.8. The quantitative estimate of drug-likeness (QED) is 0.243. The minimum Gasteiger partial charge on any atom is -0.507 e. The first-order valence-electron chi connectivity index (χ1n) is 15.7. The molecular formula is C37H46O7. The van der Waals surface area contributed by atoms with Crippen LogP contribution in [0.4, 0.5) is 0 Å². The Hall–Kier alpha value is -3.58. The van der Waals surface area contributed by atoms with Crippen LogP contribution in [0.3, 0.4) is 0 Å². The fraction of sp³-hybridized carbons (Fsp3) is 0.514. The third kappa shape index (κ3) is 5.03. The minimum absolute atomic E-state index is 0.0557. The molecule has 1 aliphatic carbocycles. The number of esters is 1. The monoisotopic (exact) mass is 602 g/mol. The van der Waals surface area contributed by atoms with Gasteiger partial charge in [-0.1, -0.05) is 53.2 Å². The van der Waals surface area contributed by atoms with Crippen LogP contribution in [-0.4, -0.2) is 39.0 Å². The molecule has 5 rings (SSSR count). The summed E-state index contributed by atoms with van der Waals surface area (Å²) in [6.07, 6.45) is 14.8. The summed E-state index contributed by atoms with van der Waals surface area (Å²) < 4.78 is 19.8. The van der Waals surface area contributed by atoms with Gasteiger partial charge in [-0.15, -0.1) is 0 Å². The summed E-state index contributed by atoms with van der Waals surface area (Å²) >= 11 is 0. The zero-order chi connectivity index (χ0) is 32.2. The van der Waals surface area contributed by atoms with Crippen LogP contribution in [0, 0.1) is 11.8 Å². The van der Waals surface area contributed by atoms with Gasteiger partial charge in [0.05, 0.1) is 11.5 Å². The number of hydrogen-bond donors (Lipinski definition) is 2. The Morgan fingerprint density at radius 2 is 1.64 bits per heavy atom. The molecule has 0 unspecified atom stereocenters. The number of carbonyl (C=O) groups is 2. The van der Waals surface area contributed by atoms with Crippen LogP contribution >= 0.6 is 0 Å². The minimum atomic E-state index is -1.57. The molecule has 2 spiro atoms. The first-order valence-corrected chi connectivity index (χ1v) is 15.7. The Balaban J connectivity index is 1.70. The number of Topliss-reactive ketones (excluding diaryl/α,β-unsaturated/α-hetero) is 1. The Morgan fingerprint density at radius 3 is 2.30 bits per heavy atom.